The van der Waals surface area contributed by atoms with Crippen molar-refractivity contribution in [1.82, 2.24) is 14.3 Å². The van der Waals surface area contributed by atoms with Gasteiger partial charge in [0, 0.05) is 19.6 Å². The summed E-state index contributed by atoms with van der Waals surface area (Å²) in [6, 6.07) is 20.6. The zero-order chi connectivity index (χ0) is 18.7. The first-order chi connectivity index (χ1) is 12.5. The molecule has 0 saturated carbocycles. The molecule has 1 unspecified atom stereocenters. The van der Waals surface area contributed by atoms with E-state index in [1.165, 1.54) is 5.56 Å². The number of aromatic nitrogens is 2. The molecule has 0 saturated heterocycles. The van der Waals surface area contributed by atoms with Crippen LogP contribution in [-0.2, 0) is 20.0 Å². The molecular weight excluding hydrogens is 390 g/mol. The first-order valence-corrected chi connectivity index (χ1v) is 9.54. The van der Waals surface area contributed by atoms with E-state index in [0.29, 0.717) is 17.1 Å². The van der Waals surface area contributed by atoms with Gasteiger partial charge >= 0.3 is 0 Å². The van der Waals surface area contributed by atoms with E-state index in [9.17, 15) is 4.79 Å². The molecule has 1 atom stereocenters. The summed E-state index contributed by atoms with van der Waals surface area (Å²) in [6.45, 7) is 2.91. The normalized spacial score (nSPS) is 12.5. The molecule has 0 fully saturated rings. The number of nitrogens with zero attached hydrogens (tertiary/aromatic N) is 3. The Morgan fingerprint density at radius 2 is 1.62 bits per heavy atom. The van der Waals surface area contributed by atoms with E-state index < -0.39 is 0 Å². The maximum atomic E-state index is 12.7. The van der Waals surface area contributed by atoms with Crippen molar-refractivity contribution in [3.8, 4) is 5.69 Å². The van der Waals surface area contributed by atoms with E-state index in [-0.39, 0.29) is 5.56 Å². The molecule has 5 heteroatoms. The van der Waals surface area contributed by atoms with Gasteiger partial charge in [-0.15, -0.1) is 0 Å². The average Bonchev–Trinajstić information content (AvgIpc) is 2.86. The molecule has 3 rings (SSSR count). The molecule has 1 heterocycles. The van der Waals surface area contributed by atoms with Crippen LogP contribution in [0.5, 0.6) is 0 Å². The lowest BCUT2D eigenvalue weighted by Crippen LogP contribution is -2.31. The molecule has 136 valence electrons. The maximum absolute atomic E-state index is 12.7. The minimum absolute atomic E-state index is 0.0298. The second kappa shape index (κ2) is 8.06. The molecule has 26 heavy (non-hydrogen) atoms. The minimum atomic E-state index is -0.0298. The Bertz CT molecular complexity index is 916. The SMILES string of the molecule is CC(Cc1ccccc1)N(C)Cc1c(Br)c(=O)n(-c2ccccc2)n1C. The number of halogens is 1. The molecule has 0 amide bonds. The molecule has 0 bridgehead atoms. The molecule has 0 aliphatic carbocycles. The molecule has 0 aliphatic rings. The Morgan fingerprint density at radius 1 is 1.04 bits per heavy atom. The molecule has 4 nitrogen and oxygen atoms in total. The summed E-state index contributed by atoms with van der Waals surface area (Å²) in [6.07, 6.45) is 0.975. The van der Waals surface area contributed by atoms with Gasteiger partial charge in [-0.25, -0.2) is 4.68 Å². The van der Waals surface area contributed by atoms with Crippen molar-refractivity contribution in [1.29, 1.82) is 0 Å². The Hall–Kier alpha value is -2.11. The van der Waals surface area contributed by atoms with Crippen molar-refractivity contribution in [3.63, 3.8) is 0 Å². The number of benzene rings is 2. The highest BCUT2D eigenvalue weighted by Gasteiger charge is 2.20. The van der Waals surface area contributed by atoms with Crippen LogP contribution in [0.25, 0.3) is 5.69 Å². The minimum Gasteiger partial charge on any atom is -0.298 e. The summed E-state index contributed by atoms with van der Waals surface area (Å²) in [7, 11) is 4.04. The van der Waals surface area contributed by atoms with Gasteiger partial charge in [0.1, 0.15) is 4.47 Å². The highest BCUT2D eigenvalue weighted by Crippen LogP contribution is 2.19. The topological polar surface area (TPSA) is 30.2 Å². The number of hydrogen-bond acceptors (Lipinski definition) is 2. The summed E-state index contributed by atoms with van der Waals surface area (Å²) in [4.78, 5) is 15.0. The van der Waals surface area contributed by atoms with Gasteiger partial charge in [0.25, 0.3) is 5.56 Å². The van der Waals surface area contributed by atoms with Crippen LogP contribution < -0.4 is 5.56 Å². The highest BCUT2D eigenvalue weighted by atomic mass is 79.9. The van der Waals surface area contributed by atoms with E-state index in [4.69, 9.17) is 0 Å². The van der Waals surface area contributed by atoms with Gasteiger partial charge in [0.2, 0.25) is 0 Å². The van der Waals surface area contributed by atoms with Crippen molar-refractivity contribution in [2.75, 3.05) is 7.05 Å². The van der Waals surface area contributed by atoms with E-state index >= 15 is 0 Å². The van der Waals surface area contributed by atoms with Crippen LogP contribution in [0.4, 0.5) is 0 Å². The third-order valence-electron chi connectivity index (χ3n) is 4.85. The molecule has 0 radical (unpaired) electrons. The Morgan fingerprint density at radius 3 is 2.23 bits per heavy atom. The number of rotatable bonds is 6. The fourth-order valence-electron chi connectivity index (χ4n) is 3.15. The number of para-hydroxylation sites is 1. The third-order valence-corrected chi connectivity index (χ3v) is 5.65. The lowest BCUT2D eigenvalue weighted by Gasteiger charge is -2.25. The van der Waals surface area contributed by atoms with Gasteiger partial charge in [0.05, 0.1) is 11.4 Å². The first-order valence-electron chi connectivity index (χ1n) is 8.75. The standard InChI is InChI=1S/C21H24BrN3O/c1-16(14-17-10-6-4-7-11-17)23(2)15-19-20(22)21(26)25(24(19)3)18-12-8-5-9-13-18/h4-13,16H,14-15H2,1-3H3. The van der Waals surface area contributed by atoms with E-state index in [1.807, 2.05) is 48.1 Å². The van der Waals surface area contributed by atoms with Gasteiger partial charge < -0.3 is 0 Å². The van der Waals surface area contributed by atoms with Crippen LogP contribution in [0.1, 0.15) is 18.2 Å². The van der Waals surface area contributed by atoms with Gasteiger partial charge in [-0.2, -0.15) is 0 Å². The predicted molar refractivity (Wildman–Crippen MR) is 110 cm³/mol. The van der Waals surface area contributed by atoms with Gasteiger partial charge in [0.15, 0.2) is 0 Å². The van der Waals surface area contributed by atoms with E-state index in [1.54, 1.807) is 4.68 Å². The van der Waals surface area contributed by atoms with Gasteiger partial charge in [-0.3, -0.25) is 14.4 Å². The second-order valence-corrected chi connectivity index (χ2v) is 7.48. The third kappa shape index (κ3) is 3.84. The number of hydrogen-bond donors (Lipinski definition) is 0. The summed E-state index contributed by atoms with van der Waals surface area (Å²) >= 11 is 3.51. The highest BCUT2D eigenvalue weighted by molar-refractivity contribution is 9.10. The molecule has 1 aromatic heterocycles. The monoisotopic (exact) mass is 413 g/mol. The van der Waals surface area contributed by atoms with Crippen LogP contribution >= 0.6 is 15.9 Å². The Labute approximate surface area is 162 Å². The smallest absolute Gasteiger partial charge is 0.286 e. The van der Waals surface area contributed by atoms with Crippen molar-refractivity contribution >= 4 is 15.9 Å². The summed E-state index contributed by atoms with van der Waals surface area (Å²) in [5.41, 5.74) is 3.13. The van der Waals surface area contributed by atoms with Crippen LogP contribution in [-0.4, -0.2) is 27.4 Å². The van der Waals surface area contributed by atoms with Crippen molar-refractivity contribution in [3.05, 3.63) is 86.7 Å². The predicted octanol–water partition coefficient (Wildman–Crippen LogP) is 4.00. The first kappa shape index (κ1) is 18.7. The lowest BCUT2D eigenvalue weighted by atomic mass is 10.1. The summed E-state index contributed by atoms with van der Waals surface area (Å²) < 4.78 is 4.27. The van der Waals surface area contributed by atoms with E-state index in [2.05, 4.69) is 59.1 Å². The molecule has 2 aromatic carbocycles. The largest absolute Gasteiger partial charge is 0.298 e. The van der Waals surface area contributed by atoms with Crippen LogP contribution in [0, 0.1) is 0 Å². The van der Waals surface area contributed by atoms with Crippen LogP contribution in [0.15, 0.2) is 69.9 Å². The van der Waals surface area contributed by atoms with E-state index in [0.717, 1.165) is 17.8 Å². The zero-order valence-corrected chi connectivity index (χ0v) is 17.0. The maximum Gasteiger partial charge on any atom is 0.286 e. The fourth-order valence-corrected chi connectivity index (χ4v) is 3.70. The number of likely N-dealkylation sites (N-methyl/N-ethyl adjacent to an activating group) is 1. The molecule has 3 aromatic rings. The summed E-state index contributed by atoms with van der Waals surface area (Å²) in [5.74, 6) is 0. The van der Waals surface area contributed by atoms with Gasteiger partial charge in [-0.05, 0) is 54.0 Å². The second-order valence-electron chi connectivity index (χ2n) is 6.69. The van der Waals surface area contributed by atoms with Crippen LogP contribution in [0.3, 0.4) is 0 Å². The quantitative estimate of drug-likeness (QED) is 0.611. The molecule has 0 aliphatic heterocycles. The summed E-state index contributed by atoms with van der Waals surface area (Å²) in [5, 5.41) is 0. The Kier molecular flexibility index (Phi) is 5.79. The van der Waals surface area contributed by atoms with Crippen LogP contribution in [0.2, 0.25) is 0 Å². The Balaban J connectivity index is 1.83. The van der Waals surface area contributed by atoms with Gasteiger partial charge in [-0.1, -0.05) is 48.5 Å². The zero-order valence-electron chi connectivity index (χ0n) is 15.4. The molecule has 0 spiro atoms. The average molecular weight is 414 g/mol. The lowest BCUT2D eigenvalue weighted by molar-refractivity contribution is 0.240. The van der Waals surface area contributed by atoms with Crippen molar-refractivity contribution in [2.24, 2.45) is 7.05 Å². The molecule has 0 N–H and O–H groups in total. The fraction of sp³-hybridized carbons (Fsp3) is 0.286. The van der Waals surface area contributed by atoms with Crippen molar-refractivity contribution in [2.45, 2.75) is 25.9 Å². The molecular formula is C21H24BrN3O. The van der Waals surface area contributed by atoms with Crippen molar-refractivity contribution < 1.29 is 0 Å².